The molecule has 1 aliphatic rings. The first-order valence-electron chi connectivity index (χ1n) is 9.09. The number of alkyl halides is 3. The molecule has 1 heterocycles. The maximum atomic E-state index is 12.8. The van der Waals surface area contributed by atoms with E-state index in [4.69, 9.17) is 0 Å². The number of imide groups is 1. The van der Waals surface area contributed by atoms with Crippen molar-refractivity contribution in [3.05, 3.63) is 82.3 Å². The second kappa shape index (κ2) is 9.22. The highest BCUT2D eigenvalue weighted by atomic mass is 32.2. The summed E-state index contributed by atoms with van der Waals surface area (Å²) in [5.41, 5.74) is 0.671. The van der Waals surface area contributed by atoms with E-state index in [9.17, 15) is 27.6 Å². The number of nitrogens with one attached hydrogen (secondary N) is 1. The Labute approximate surface area is 180 Å². The van der Waals surface area contributed by atoms with Gasteiger partial charge in [0.1, 0.15) is 6.54 Å². The second-order valence-electron chi connectivity index (χ2n) is 6.69. The Balaban J connectivity index is 1.67. The van der Waals surface area contributed by atoms with Gasteiger partial charge in [-0.05, 0) is 54.1 Å². The van der Waals surface area contributed by atoms with Crippen molar-refractivity contribution in [2.45, 2.75) is 13.1 Å². The molecule has 0 saturated carbocycles. The van der Waals surface area contributed by atoms with Crippen LogP contribution in [0, 0.1) is 0 Å². The summed E-state index contributed by atoms with van der Waals surface area (Å²) in [5, 5.41) is 1.66. The van der Waals surface area contributed by atoms with Crippen LogP contribution in [0.1, 0.15) is 18.1 Å². The van der Waals surface area contributed by atoms with Gasteiger partial charge in [-0.1, -0.05) is 42.5 Å². The first-order chi connectivity index (χ1) is 14.6. The monoisotopic (exact) mass is 446 g/mol. The van der Waals surface area contributed by atoms with Gasteiger partial charge in [0.15, 0.2) is 0 Å². The van der Waals surface area contributed by atoms with Gasteiger partial charge in [0.25, 0.3) is 11.1 Å². The number of halogens is 3. The summed E-state index contributed by atoms with van der Waals surface area (Å²) in [7, 11) is 0. The molecule has 0 atom stereocenters. The first-order valence-corrected chi connectivity index (χ1v) is 9.91. The fourth-order valence-corrected chi connectivity index (χ4v) is 3.70. The molecule has 3 amide bonds. The molecular weight excluding hydrogens is 429 g/mol. The van der Waals surface area contributed by atoms with Crippen LogP contribution in [-0.2, 0) is 15.8 Å². The Morgan fingerprint density at radius 2 is 1.81 bits per heavy atom. The van der Waals surface area contributed by atoms with Gasteiger partial charge in [0.2, 0.25) is 5.91 Å². The van der Waals surface area contributed by atoms with Crippen molar-refractivity contribution in [2.24, 2.45) is 0 Å². The number of benzene rings is 2. The van der Waals surface area contributed by atoms with Crippen LogP contribution in [0.5, 0.6) is 0 Å². The van der Waals surface area contributed by atoms with Crippen LogP contribution in [0.2, 0.25) is 0 Å². The lowest BCUT2D eigenvalue weighted by Gasteiger charge is -2.13. The standard InChI is InChI=1S/C22H17F3N2O3S/c1-14(10-15-6-3-2-4-7-15)11-18-20(29)27(21(30)31-18)13-19(28)26-17-9-5-8-16(12-17)22(23,24)25/h2-12H,13H2,1H3,(H,26,28)/b14-10+,18-11-. The number of nitrogens with zero attached hydrogens (tertiary/aromatic N) is 1. The van der Waals surface area contributed by atoms with E-state index in [0.717, 1.165) is 34.2 Å². The third kappa shape index (κ3) is 5.85. The van der Waals surface area contributed by atoms with E-state index in [0.29, 0.717) is 11.8 Å². The average molecular weight is 446 g/mol. The molecule has 1 aliphatic heterocycles. The van der Waals surface area contributed by atoms with E-state index in [1.807, 2.05) is 36.4 Å². The Morgan fingerprint density at radius 3 is 2.48 bits per heavy atom. The number of hydrogen-bond acceptors (Lipinski definition) is 4. The molecule has 0 aliphatic carbocycles. The minimum Gasteiger partial charge on any atom is -0.325 e. The van der Waals surface area contributed by atoms with Gasteiger partial charge >= 0.3 is 6.18 Å². The number of hydrogen-bond donors (Lipinski definition) is 1. The summed E-state index contributed by atoms with van der Waals surface area (Å²) in [6.45, 7) is 1.18. The zero-order valence-corrected chi connectivity index (χ0v) is 17.1. The van der Waals surface area contributed by atoms with Crippen molar-refractivity contribution in [2.75, 3.05) is 11.9 Å². The second-order valence-corrected chi connectivity index (χ2v) is 7.69. The maximum Gasteiger partial charge on any atom is 0.416 e. The largest absolute Gasteiger partial charge is 0.416 e. The summed E-state index contributed by atoms with van der Waals surface area (Å²) in [5.74, 6) is -1.41. The van der Waals surface area contributed by atoms with Gasteiger partial charge in [-0.15, -0.1) is 0 Å². The molecule has 0 aromatic heterocycles. The van der Waals surface area contributed by atoms with Gasteiger partial charge < -0.3 is 5.32 Å². The summed E-state index contributed by atoms with van der Waals surface area (Å²) in [4.78, 5) is 37.9. The third-order valence-electron chi connectivity index (χ3n) is 4.20. The van der Waals surface area contributed by atoms with Crippen LogP contribution < -0.4 is 5.32 Å². The van der Waals surface area contributed by atoms with E-state index in [1.54, 1.807) is 13.0 Å². The van der Waals surface area contributed by atoms with Gasteiger partial charge in [0.05, 0.1) is 10.5 Å². The van der Waals surface area contributed by atoms with Crippen molar-refractivity contribution in [1.82, 2.24) is 4.90 Å². The number of allylic oxidation sites excluding steroid dienone is 2. The summed E-state index contributed by atoms with van der Waals surface area (Å²) < 4.78 is 38.4. The lowest BCUT2D eigenvalue weighted by molar-refractivity contribution is -0.137. The summed E-state index contributed by atoms with van der Waals surface area (Å²) in [6, 6.07) is 13.5. The SMILES string of the molecule is CC(/C=C1\SC(=O)N(CC(=O)Nc2cccc(C(F)(F)F)c2)C1=O)=C\c1ccccc1. The minimum atomic E-state index is -4.55. The molecule has 0 unspecified atom stereocenters. The van der Waals surface area contributed by atoms with Gasteiger partial charge in [-0.3, -0.25) is 19.3 Å². The predicted molar refractivity (Wildman–Crippen MR) is 113 cm³/mol. The van der Waals surface area contributed by atoms with E-state index in [-0.39, 0.29) is 10.6 Å². The van der Waals surface area contributed by atoms with Crippen LogP contribution in [-0.4, -0.2) is 28.5 Å². The van der Waals surface area contributed by atoms with E-state index < -0.39 is 35.3 Å². The molecule has 2 aromatic carbocycles. The summed E-state index contributed by atoms with van der Waals surface area (Å²) in [6.07, 6.45) is -1.15. The van der Waals surface area contributed by atoms with Crippen molar-refractivity contribution in [3.63, 3.8) is 0 Å². The van der Waals surface area contributed by atoms with E-state index >= 15 is 0 Å². The Morgan fingerprint density at radius 1 is 1.10 bits per heavy atom. The van der Waals surface area contributed by atoms with Crippen LogP contribution in [0.25, 0.3) is 6.08 Å². The number of rotatable bonds is 5. The van der Waals surface area contributed by atoms with Crippen LogP contribution >= 0.6 is 11.8 Å². The van der Waals surface area contributed by atoms with Crippen LogP contribution in [0.4, 0.5) is 23.7 Å². The molecule has 160 valence electrons. The average Bonchev–Trinajstić information content (AvgIpc) is 2.95. The topological polar surface area (TPSA) is 66.5 Å². The Kier molecular flexibility index (Phi) is 6.65. The fraction of sp³-hybridized carbons (Fsp3) is 0.136. The van der Waals surface area contributed by atoms with Gasteiger partial charge in [0, 0.05) is 5.69 Å². The zero-order valence-electron chi connectivity index (χ0n) is 16.3. The molecular formula is C22H17F3N2O3S. The highest BCUT2D eigenvalue weighted by molar-refractivity contribution is 8.18. The van der Waals surface area contributed by atoms with Crippen molar-refractivity contribution in [3.8, 4) is 0 Å². The molecule has 9 heteroatoms. The molecule has 5 nitrogen and oxygen atoms in total. The molecule has 2 aromatic rings. The lowest BCUT2D eigenvalue weighted by Crippen LogP contribution is -2.36. The number of anilines is 1. The zero-order chi connectivity index (χ0) is 22.6. The number of amides is 3. The van der Waals surface area contributed by atoms with Crippen molar-refractivity contribution in [1.29, 1.82) is 0 Å². The molecule has 1 saturated heterocycles. The molecule has 0 spiro atoms. The van der Waals surface area contributed by atoms with Crippen molar-refractivity contribution >= 4 is 40.6 Å². The van der Waals surface area contributed by atoms with E-state index in [1.165, 1.54) is 6.07 Å². The highest BCUT2D eigenvalue weighted by Gasteiger charge is 2.36. The lowest BCUT2D eigenvalue weighted by atomic mass is 10.1. The highest BCUT2D eigenvalue weighted by Crippen LogP contribution is 2.32. The van der Waals surface area contributed by atoms with E-state index in [2.05, 4.69) is 5.32 Å². The molecule has 3 rings (SSSR count). The minimum absolute atomic E-state index is 0.0797. The molecule has 1 fully saturated rings. The number of carbonyl (C=O) groups excluding carboxylic acids is 3. The summed E-state index contributed by atoms with van der Waals surface area (Å²) >= 11 is 0.704. The normalized spacial score (nSPS) is 16.2. The molecule has 0 bridgehead atoms. The Bertz CT molecular complexity index is 1080. The van der Waals surface area contributed by atoms with Crippen molar-refractivity contribution < 1.29 is 27.6 Å². The van der Waals surface area contributed by atoms with Crippen LogP contribution in [0.3, 0.4) is 0 Å². The Hall–Kier alpha value is -3.33. The smallest absolute Gasteiger partial charge is 0.325 e. The fourth-order valence-electron chi connectivity index (χ4n) is 2.81. The molecule has 31 heavy (non-hydrogen) atoms. The molecule has 0 radical (unpaired) electrons. The number of thioether (sulfide) groups is 1. The molecule has 1 N–H and O–H groups in total. The van der Waals surface area contributed by atoms with Gasteiger partial charge in [-0.25, -0.2) is 0 Å². The van der Waals surface area contributed by atoms with Crippen LogP contribution in [0.15, 0.2) is 71.2 Å². The quantitative estimate of drug-likeness (QED) is 0.631. The van der Waals surface area contributed by atoms with Gasteiger partial charge in [-0.2, -0.15) is 13.2 Å². The first kappa shape index (κ1) is 22.4. The third-order valence-corrected chi connectivity index (χ3v) is 5.11. The predicted octanol–water partition coefficient (Wildman–Crippen LogP) is 5.33. The number of carbonyl (C=O) groups is 3. The maximum absolute atomic E-state index is 12.8.